The molecule has 2 nitrogen and oxygen atoms in total. The van der Waals surface area contributed by atoms with Gasteiger partial charge in [0.2, 0.25) is 5.91 Å². The summed E-state index contributed by atoms with van der Waals surface area (Å²) in [7, 11) is 0. The topological polar surface area (TPSA) is 20.3 Å². The number of alkyl halides is 1. The fourth-order valence-electron chi connectivity index (χ4n) is 1.97. The second-order valence-electron chi connectivity index (χ2n) is 4.43. The molecule has 0 aromatic rings. The van der Waals surface area contributed by atoms with Gasteiger partial charge in [0, 0.05) is 24.4 Å². The van der Waals surface area contributed by atoms with E-state index >= 15 is 0 Å². The van der Waals surface area contributed by atoms with E-state index in [9.17, 15) is 4.79 Å². The highest BCUT2D eigenvalue weighted by Gasteiger charge is 2.37. The van der Waals surface area contributed by atoms with E-state index in [0.717, 1.165) is 25.8 Å². The van der Waals surface area contributed by atoms with Crippen molar-refractivity contribution in [2.24, 2.45) is 5.92 Å². The van der Waals surface area contributed by atoms with Crippen molar-refractivity contribution in [1.82, 2.24) is 4.90 Å². The summed E-state index contributed by atoms with van der Waals surface area (Å²) < 4.78 is 0. The molecule has 1 amide bonds. The first-order chi connectivity index (χ1) is 6.83. The SMILES string of the molecule is O=C(C1CC1)N(CCCCl)C1CCC1. The third-order valence-corrected chi connectivity index (χ3v) is 3.53. The number of carbonyl (C=O) groups is 1. The van der Waals surface area contributed by atoms with E-state index < -0.39 is 0 Å². The predicted molar refractivity (Wildman–Crippen MR) is 57.4 cm³/mol. The molecule has 0 N–H and O–H groups in total. The van der Waals surface area contributed by atoms with E-state index in [1.54, 1.807) is 0 Å². The largest absolute Gasteiger partial charge is 0.339 e. The summed E-state index contributed by atoms with van der Waals surface area (Å²) in [6.07, 6.45) is 6.88. The lowest BCUT2D eigenvalue weighted by molar-refractivity contribution is -0.136. The summed E-state index contributed by atoms with van der Waals surface area (Å²) >= 11 is 5.67. The maximum Gasteiger partial charge on any atom is 0.225 e. The zero-order valence-electron chi connectivity index (χ0n) is 8.54. The molecule has 2 saturated carbocycles. The summed E-state index contributed by atoms with van der Waals surface area (Å²) in [5, 5.41) is 0. The number of hydrogen-bond acceptors (Lipinski definition) is 1. The standard InChI is InChI=1S/C11H18ClNO/c12-7-2-8-13(10-3-1-4-10)11(14)9-5-6-9/h9-10H,1-8H2. The summed E-state index contributed by atoms with van der Waals surface area (Å²) in [6.45, 7) is 0.878. The average Bonchev–Trinajstić information content (AvgIpc) is 2.90. The molecule has 0 aliphatic heterocycles. The Kier molecular flexibility index (Phi) is 3.32. The van der Waals surface area contributed by atoms with Gasteiger partial charge in [-0.1, -0.05) is 0 Å². The monoisotopic (exact) mass is 215 g/mol. The molecule has 0 saturated heterocycles. The lowest BCUT2D eigenvalue weighted by atomic mass is 9.91. The molecule has 0 unspecified atom stereocenters. The Morgan fingerprint density at radius 1 is 1.29 bits per heavy atom. The molecule has 80 valence electrons. The first-order valence-electron chi connectivity index (χ1n) is 5.69. The molecule has 0 heterocycles. The van der Waals surface area contributed by atoms with Crippen LogP contribution in [0.3, 0.4) is 0 Å². The molecule has 3 heteroatoms. The van der Waals surface area contributed by atoms with E-state index in [4.69, 9.17) is 11.6 Å². The first kappa shape index (κ1) is 10.3. The van der Waals surface area contributed by atoms with Crippen molar-refractivity contribution in [2.75, 3.05) is 12.4 Å². The summed E-state index contributed by atoms with van der Waals surface area (Å²) in [4.78, 5) is 14.0. The molecule has 2 rings (SSSR count). The van der Waals surface area contributed by atoms with Gasteiger partial charge in [-0.05, 0) is 38.5 Å². The van der Waals surface area contributed by atoms with Crippen LogP contribution in [-0.2, 0) is 4.79 Å². The van der Waals surface area contributed by atoms with Crippen LogP contribution in [0, 0.1) is 5.92 Å². The molecular weight excluding hydrogens is 198 g/mol. The van der Waals surface area contributed by atoms with Crippen molar-refractivity contribution < 1.29 is 4.79 Å². The Balaban J connectivity index is 1.86. The van der Waals surface area contributed by atoms with E-state index in [1.165, 1.54) is 19.3 Å². The molecule has 2 aliphatic rings. The van der Waals surface area contributed by atoms with Crippen molar-refractivity contribution in [3.05, 3.63) is 0 Å². The number of carbonyl (C=O) groups excluding carboxylic acids is 1. The molecule has 0 spiro atoms. The summed E-state index contributed by atoms with van der Waals surface area (Å²) in [5.41, 5.74) is 0. The van der Waals surface area contributed by atoms with Gasteiger partial charge in [0.05, 0.1) is 0 Å². The smallest absolute Gasteiger partial charge is 0.225 e. The predicted octanol–water partition coefficient (Wildman–Crippen LogP) is 2.41. The number of nitrogens with zero attached hydrogens (tertiary/aromatic N) is 1. The normalized spacial score (nSPS) is 21.8. The highest BCUT2D eigenvalue weighted by molar-refractivity contribution is 6.17. The van der Waals surface area contributed by atoms with Gasteiger partial charge >= 0.3 is 0 Å². The zero-order valence-corrected chi connectivity index (χ0v) is 9.30. The van der Waals surface area contributed by atoms with Gasteiger partial charge in [-0.3, -0.25) is 4.79 Å². The van der Waals surface area contributed by atoms with Gasteiger partial charge in [-0.25, -0.2) is 0 Å². The van der Waals surface area contributed by atoms with Crippen LogP contribution in [0.5, 0.6) is 0 Å². The summed E-state index contributed by atoms with van der Waals surface area (Å²) in [5.74, 6) is 1.44. The third kappa shape index (κ3) is 2.22. The van der Waals surface area contributed by atoms with Gasteiger partial charge in [-0.2, -0.15) is 0 Å². The van der Waals surface area contributed by atoms with Crippen molar-refractivity contribution >= 4 is 17.5 Å². The molecule has 2 fully saturated rings. The Morgan fingerprint density at radius 2 is 2.00 bits per heavy atom. The van der Waals surface area contributed by atoms with Gasteiger partial charge < -0.3 is 4.90 Å². The highest BCUT2D eigenvalue weighted by atomic mass is 35.5. The maximum atomic E-state index is 11.9. The van der Waals surface area contributed by atoms with Crippen LogP contribution in [0.4, 0.5) is 0 Å². The van der Waals surface area contributed by atoms with Crippen LogP contribution >= 0.6 is 11.6 Å². The van der Waals surface area contributed by atoms with Crippen LogP contribution in [0.2, 0.25) is 0 Å². The fraction of sp³-hybridized carbons (Fsp3) is 0.909. The number of amides is 1. The van der Waals surface area contributed by atoms with Gasteiger partial charge in [0.25, 0.3) is 0 Å². The van der Waals surface area contributed by atoms with E-state index in [0.29, 0.717) is 23.7 Å². The number of halogens is 1. The molecule has 14 heavy (non-hydrogen) atoms. The molecular formula is C11H18ClNO. The molecule has 0 radical (unpaired) electrons. The van der Waals surface area contributed by atoms with Crippen molar-refractivity contribution in [3.8, 4) is 0 Å². The summed E-state index contributed by atoms with van der Waals surface area (Å²) in [6, 6.07) is 0.548. The Morgan fingerprint density at radius 3 is 2.43 bits per heavy atom. The van der Waals surface area contributed by atoms with Crippen LogP contribution < -0.4 is 0 Å². The van der Waals surface area contributed by atoms with E-state index in [2.05, 4.69) is 4.90 Å². The van der Waals surface area contributed by atoms with Crippen LogP contribution in [0.15, 0.2) is 0 Å². The number of rotatable bonds is 5. The molecule has 2 aliphatic carbocycles. The zero-order chi connectivity index (χ0) is 9.97. The fourth-order valence-corrected chi connectivity index (χ4v) is 2.09. The Hall–Kier alpha value is -0.240. The second kappa shape index (κ2) is 4.52. The average molecular weight is 216 g/mol. The number of hydrogen-bond donors (Lipinski definition) is 0. The van der Waals surface area contributed by atoms with Crippen molar-refractivity contribution in [3.63, 3.8) is 0 Å². The lowest BCUT2D eigenvalue weighted by Gasteiger charge is -2.37. The molecule has 0 atom stereocenters. The Bertz CT molecular complexity index is 211. The molecule has 0 bridgehead atoms. The van der Waals surface area contributed by atoms with Crippen LogP contribution in [0.25, 0.3) is 0 Å². The van der Waals surface area contributed by atoms with Crippen LogP contribution in [-0.4, -0.2) is 29.3 Å². The minimum Gasteiger partial charge on any atom is -0.339 e. The quantitative estimate of drug-likeness (QED) is 0.645. The second-order valence-corrected chi connectivity index (χ2v) is 4.81. The van der Waals surface area contributed by atoms with Crippen molar-refractivity contribution in [1.29, 1.82) is 0 Å². The Labute approximate surface area is 90.6 Å². The van der Waals surface area contributed by atoms with Gasteiger partial charge in [-0.15, -0.1) is 11.6 Å². The van der Waals surface area contributed by atoms with Gasteiger partial charge in [0.1, 0.15) is 0 Å². The van der Waals surface area contributed by atoms with E-state index in [1.807, 2.05) is 0 Å². The van der Waals surface area contributed by atoms with Crippen LogP contribution in [0.1, 0.15) is 38.5 Å². The molecule has 0 aromatic carbocycles. The maximum absolute atomic E-state index is 11.9. The first-order valence-corrected chi connectivity index (χ1v) is 6.23. The van der Waals surface area contributed by atoms with E-state index in [-0.39, 0.29) is 0 Å². The molecule has 0 aromatic heterocycles. The van der Waals surface area contributed by atoms with Gasteiger partial charge in [0.15, 0.2) is 0 Å². The lowest BCUT2D eigenvalue weighted by Crippen LogP contribution is -2.45. The minimum atomic E-state index is 0.367. The highest BCUT2D eigenvalue weighted by Crippen LogP contribution is 2.34. The minimum absolute atomic E-state index is 0.367. The third-order valence-electron chi connectivity index (χ3n) is 3.26. The van der Waals surface area contributed by atoms with Crippen molar-refractivity contribution in [2.45, 2.75) is 44.6 Å².